The molecule has 3 rings (SSSR count). The van der Waals surface area contributed by atoms with E-state index in [0.717, 1.165) is 24.3 Å². The number of anilines is 1. The predicted molar refractivity (Wildman–Crippen MR) is 118 cm³/mol. The van der Waals surface area contributed by atoms with Crippen molar-refractivity contribution in [3.8, 4) is 5.75 Å². The summed E-state index contributed by atoms with van der Waals surface area (Å²) in [6.07, 6.45) is 1.58. The maximum absolute atomic E-state index is 12.3. The van der Waals surface area contributed by atoms with Crippen LogP contribution in [0.1, 0.15) is 61.9 Å². The third-order valence-electron chi connectivity index (χ3n) is 6.00. The maximum atomic E-state index is 12.3. The van der Waals surface area contributed by atoms with Crippen LogP contribution in [0.5, 0.6) is 5.75 Å². The molecule has 1 N–H and O–H groups in total. The van der Waals surface area contributed by atoms with Crippen molar-refractivity contribution < 1.29 is 14.3 Å². The fraction of sp³-hybridized carbons (Fsp3) is 0.480. The van der Waals surface area contributed by atoms with Crippen LogP contribution in [0.15, 0.2) is 30.3 Å². The summed E-state index contributed by atoms with van der Waals surface area (Å²) in [5, 5.41) is 2.78. The van der Waals surface area contributed by atoms with Crippen LogP contribution in [0.25, 0.3) is 0 Å². The maximum Gasteiger partial charge on any atom is 0.411 e. The van der Waals surface area contributed by atoms with E-state index in [2.05, 4.69) is 53.8 Å². The normalized spacial score (nSPS) is 15.3. The van der Waals surface area contributed by atoms with Gasteiger partial charge in [0.15, 0.2) is 0 Å². The van der Waals surface area contributed by atoms with Gasteiger partial charge in [0, 0.05) is 11.1 Å². The van der Waals surface area contributed by atoms with Crippen LogP contribution in [0.2, 0.25) is 0 Å². The molecular weight excluding hydrogens is 362 g/mol. The van der Waals surface area contributed by atoms with Crippen molar-refractivity contribution in [1.29, 1.82) is 0 Å². The van der Waals surface area contributed by atoms with E-state index in [1.165, 1.54) is 27.8 Å². The fourth-order valence-electron chi connectivity index (χ4n) is 4.39. The van der Waals surface area contributed by atoms with E-state index in [0.29, 0.717) is 6.61 Å². The molecule has 4 heteroatoms. The SMILES string of the molecule is Cc1c(C)c(C(C)(C)COC(=O)Nc2ccccc2)c(C)c2c1OC(C)(C)CC2. The van der Waals surface area contributed by atoms with Crippen LogP contribution >= 0.6 is 0 Å². The Hall–Kier alpha value is -2.49. The van der Waals surface area contributed by atoms with Gasteiger partial charge in [0.2, 0.25) is 0 Å². The van der Waals surface area contributed by atoms with E-state index < -0.39 is 6.09 Å². The molecule has 0 spiro atoms. The lowest BCUT2D eigenvalue weighted by molar-refractivity contribution is 0.0830. The molecule has 2 aromatic rings. The van der Waals surface area contributed by atoms with Crippen molar-refractivity contribution in [2.75, 3.05) is 11.9 Å². The summed E-state index contributed by atoms with van der Waals surface area (Å²) in [6, 6.07) is 9.36. The van der Waals surface area contributed by atoms with Crippen LogP contribution in [0.4, 0.5) is 10.5 Å². The molecule has 0 unspecified atom stereocenters. The summed E-state index contributed by atoms with van der Waals surface area (Å²) in [5.74, 6) is 1.04. The Morgan fingerprint density at radius 3 is 2.41 bits per heavy atom. The molecular formula is C25H33NO3. The first-order valence-corrected chi connectivity index (χ1v) is 10.3. The van der Waals surface area contributed by atoms with Crippen molar-refractivity contribution in [2.24, 2.45) is 0 Å². The van der Waals surface area contributed by atoms with Crippen LogP contribution in [0.3, 0.4) is 0 Å². The number of hydrogen-bond donors (Lipinski definition) is 1. The first-order valence-electron chi connectivity index (χ1n) is 10.3. The average molecular weight is 396 g/mol. The molecule has 0 radical (unpaired) electrons. The molecule has 1 aliphatic rings. The first kappa shape index (κ1) is 21.2. The highest BCUT2D eigenvalue weighted by Gasteiger charge is 2.34. The molecule has 156 valence electrons. The molecule has 0 atom stereocenters. The number of nitrogens with one attached hydrogen (secondary N) is 1. The van der Waals surface area contributed by atoms with E-state index in [1.54, 1.807) is 0 Å². The van der Waals surface area contributed by atoms with Crippen LogP contribution in [-0.2, 0) is 16.6 Å². The van der Waals surface area contributed by atoms with Crippen LogP contribution in [0, 0.1) is 20.8 Å². The van der Waals surface area contributed by atoms with E-state index in [4.69, 9.17) is 9.47 Å². The van der Waals surface area contributed by atoms with Gasteiger partial charge in [-0.05, 0) is 87.4 Å². The molecule has 1 aliphatic heterocycles. The lowest BCUT2D eigenvalue weighted by Crippen LogP contribution is -2.35. The summed E-state index contributed by atoms with van der Waals surface area (Å²) in [7, 11) is 0. The smallest absolute Gasteiger partial charge is 0.411 e. The van der Waals surface area contributed by atoms with Crippen molar-refractivity contribution >= 4 is 11.8 Å². The quantitative estimate of drug-likeness (QED) is 0.666. The third kappa shape index (κ3) is 4.42. The zero-order chi connectivity index (χ0) is 21.4. The van der Waals surface area contributed by atoms with Crippen molar-refractivity contribution in [3.05, 3.63) is 58.1 Å². The molecule has 0 saturated carbocycles. The second-order valence-electron chi connectivity index (χ2n) is 9.37. The Morgan fingerprint density at radius 2 is 1.76 bits per heavy atom. The number of rotatable bonds is 4. The Balaban J connectivity index is 1.83. The minimum absolute atomic E-state index is 0.133. The molecule has 0 fully saturated rings. The van der Waals surface area contributed by atoms with Crippen LogP contribution < -0.4 is 10.1 Å². The Morgan fingerprint density at radius 1 is 1.10 bits per heavy atom. The highest BCUT2D eigenvalue weighted by molar-refractivity contribution is 5.84. The number of benzene rings is 2. The Kier molecular flexibility index (Phi) is 5.66. The zero-order valence-corrected chi connectivity index (χ0v) is 18.7. The topological polar surface area (TPSA) is 47.6 Å². The summed E-state index contributed by atoms with van der Waals surface area (Å²) >= 11 is 0. The molecule has 0 saturated heterocycles. The monoisotopic (exact) mass is 395 g/mol. The number of para-hydroxylation sites is 1. The predicted octanol–water partition coefficient (Wildman–Crippen LogP) is 6.24. The van der Waals surface area contributed by atoms with Crippen molar-refractivity contribution in [3.63, 3.8) is 0 Å². The first-order chi connectivity index (χ1) is 13.5. The largest absolute Gasteiger partial charge is 0.487 e. The summed E-state index contributed by atoms with van der Waals surface area (Å²) in [4.78, 5) is 12.3. The van der Waals surface area contributed by atoms with Gasteiger partial charge in [0.1, 0.15) is 18.0 Å². The molecule has 0 aromatic heterocycles. The Labute approximate surface area is 174 Å². The molecule has 1 heterocycles. The van der Waals surface area contributed by atoms with Gasteiger partial charge in [-0.15, -0.1) is 0 Å². The minimum atomic E-state index is -0.431. The van der Waals surface area contributed by atoms with Gasteiger partial charge in [0.25, 0.3) is 0 Å². The number of carbonyl (C=O) groups is 1. The molecule has 2 aromatic carbocycles. The number of fused-ring (bicyclic) bond motifs is 1. The highest BCUT2D eigenvalue weighted by Crippen LogP contribution is 2.44. The van der Waals surface area contributed by atoms with Crippen molar-refractivity contribution in [2.45, 2.75) is 72.3 Å². The van der Waals surface area contributed by atoms with Gasteiger partial charge < -0.3 is 9.47 Å². The highest BCUT2D eigenvalue weighted by atomic mass is 16.5. The number of amides is 1. The van der Waals surface area contributed by atoms with Crippen molar-refractivity contribution in [1.82, 2.24) is 0 Å². The minimum Gasteiger partial charge on any atom is -0.487 e. The standard InChI is InChI=1S/C25H33NO3/c1-16-17(2)22-20(13-14-25(6,7)29-22)18(3)21(16)24(4,5)15-28-23(27)26-19-11-9-8-10-12-19/h8-12H,13-15H2,1-7H3,(H,26,27). The molecule has 29 heavy (non-hydrogen) atoms. The Bertz CT molecular complexity index is 914. The van der Waals surface area contributed by atoms with E-state index in [1.807, 2.05) is 30.3 Å². The van der Waals surface area contributed by atoms with Gasteiger partial charge in [-0.3, -0.25) is 5.32 Å². The molecule has 0 bridgehead atoms. The van der Waals surface area contributed by atoms with E-state index in [9.17, 15) is 4.79 Å². The number of carbonyl (C=O) groups excluding carboxylic acids is 1. The van der Waals surface area contributed by atoms with E-state index in [-0.39, 0.29) is 11.0 Å². The molecule has 1 amide bonds. The van der Waals surface area contributed by atoms with E-state index >= 15 is 0 Å². The average Bonchev–Trinajstić information content (AvgIpc) is 2.65. The summed E-state index contributed by atoms with van der Waals surface area (Å²) in [6.45, 7) is 15.3. The number of ether oxygens (including phenoxy) is 2. The van der Waals surface area contributed by atoms with Gasteiger partial charge >= 0.3 is 6.09 Å². The van der Waals surface area contributed by atoms with Gasteiger partial charge in [-0.25, -0.2) is 4.79 Å². The van der Waals surface area contributed by atoms with Crippen LogP contribution in [-0.4, -0.2) is 18.3 Å². The second-order valence-corrected chi connectivity index (χ2v) is 9.37. The molecule has 0 aliphatic carbocycles. The zero-order valence-electron chi connectivity index (χ0n) is 18.7. The second kappa shape index (κ2) is 7.74. The van der Waals surface area contributed by atoms with Gasteiger partial charge in [-0.2, -0.15) is 0 Å². The summed E-state index contributed by atoms with van der Waals surface area (Å²) in [5.41, 5.74) is 6.50. The van der Waals surface area contributed by atoms with Gasteiger partial charge in [-0.1, -0.05) is 32.0 Å². The summed E-state index contributed by atoms with van der Waals surface area (Å²) < 4.78 is 12.0. The third-order valence-corrected chi connectivity index (χ3v) is 6.00. The fourth-order valence-corrected chi connectivity index (χ4v) is 4.39. The lowest BCUT2D eigenvalue weighted by atomic mass is 9.75. The lowest BCUT2D eigenvalue weighted by Gasteiger charge is -2.38. The van der Waals surface area contributed by atoms with Gasteiger partial charge in [0.05, 0.1) is 0 Å². The number of hydrogen-bond acceptors (Lipinski definition) is 3. The molecule has 4 nitrogen and oxygen atoms in total.